The summed E-state index contributed by atoms with van der Waals surface area (Å²) in [5.74, 6) is -0.757. The SMILES string of the molecule is COC(=O)/C=C(CCCCCCCCOPI)/C(=C/C(=O)OC)CCCCCCCCOPI. The minimum Gasteiger partial charge on any atom is -0.466 e. The van der Waals surface area contributed by atoms with E-state index < -0.39 is 0 Å². The van der Waals surface area contributed by atoms with Gasteiger partial charge in [-0.2, -0.15) is 0 Å². The van der Waals surface area contributed by atoms with E-state index in [0.717, 1.165) is 88.6 Å². The number of methoxy groups -OCH3 is 2. The zero-order valence-electron chi connectivity index (χ0n) is 20.7. The highest BCUT2D eigenvalue weighted by Gasteiger charge is 2.11. The van der Waals surface area contributed by atoms with Crippen molar-refractivity contribution in [3.63, 3.8) is 0 Å². The number of halogens is 2. The second kappa shape index (κ2) is 26.7. The predicted molar refractivity (Wildman–Crippen MR) is 161 cm³/mol. The summed E-state index contributed by atoms with van der Waals surface area (Å²) in [5.41, 5.74) is 1.79. The smallest absolute Gasteiger partial charge is 0.330 e. The molecule has 0 spiro atoms. The van der Waals surface area contributed by atoms with Crippen molar-refractivity contribution < 1.29 is 28.1 Å². The summed E-state index contributed by atoms with van der Waals surface area (Å²) < 4.78 is 20.5. The van der Waals surface area contributed by atoms with E-state index in [4.69, 9.17) is 18.5 Å². The zero-order chi connectivity index (χ0) is 25.3. The van der Waals surface area contributed by atoms with Crippen LogP contribution in [0.15, 0.2) is 23.3 Å². The molecule has 0 heterocycles. The molecule has 0 rings (SSSR count). The summed E-state index contributed by atoms with van der Waals surface area (Å²) in [5, 5.41) is 0. The molecule has 6 nitrogen and oxygen atoms in total. The molecule has 2 atom stereocenters. The van der Waals surface area contributed by atoms with E-state index >= 15 is 0 Å². The van der Waals surface area contributed by atoms with Crippen molar-refractivity contribution in [2.24, 2.45) is 0 Å². The summed E-state index contributed by atoms with van der Waals surface area (Å²) in [6, 6.07) is 0. The maximum atomic E-state index is 12.0. The van der Waals surface area contributed by atoms with Crippen molar-refractivity contribution in [1.29, 1.82) is 0 Å². The van der Waals surface area contributed by atoms with E-state index in [0.29, 0.717) is 12.9 Å². The molecule has 0 aromatic rings. The van der Waals surface area contributed by atoms with E-state index in [1.54, 1.807) is 12.2 Å². The fourth-order valence-electron chi connectivity index (χ4n) is 3.52. The molecule has 0 N–H and O–H groups in total. The van der Waals surface area contributed by atoms with Crippen LogP contribution in [0.25, 0.3) is 0 Å². The van der Waals surface area contributed by atoms with Crippen LogP contribution in [-0.2, 0) is 28.1 Å². The molecule has 10 heteroatoms. The lowest BCUT2D eigenvalue weighted by Gasteiger charge is -2.13. The molecule has 0 bridgehead atoms. The Labute approximate surface area is 236 Å². The van der Waals surface area contributed by atoms with Gasteiger partial charge in [-0.25, -0.2) is 9.59 Å². The Morgan fingerprint density at radius 2 is 0.912 bits per heavy atom. The highest BCUT2D eigenvalue weighted by molar-refractivity contribution is 14.2. The molecular formula is C24H42I2O6P2. The van der Waals surface area contributed by atoms with Gasteiger partial charge < -0.3 is 18.5 Å². The van der Waals surface area contributed by atoms with E-state index in [-0.39, 0.29) is 11.9 Å². The van der Waals surface area contributed by atoms with Crippen molar-refractivity contribution in [2.75, 3.05) is 27.4 Å². The third-order valence-electron chi connectivity index (χ3n) is 5.39. The molecule has 0 aromatic heterocycles. The number of unbranched alkanes of at least 4 members (excludes halogenated alkanes) is 10. The maximum absolute atomic E-state index is 12.0. The fraction of sp³-hybridized carbons (Fsp3) is 0.750. The van der Waals surface area contributed by atoms with Crippen LogP contribution in [0.3, 0.4) is 0 Å². The van der Waals surface area contributed by atoms with Gasteiger partial charge >= 0.3 is 11.9 Å². The summed E-state index contributed by atoms with van der Waals surface area (Å²) >= 11 is 4.49. The van der Waals surface area contributed by atoms with Crippen LogP contribution in [-0.4, -0.2) is 39.4 Å². The van der Waals surface area contributed by atoms with Crippen LogP contribution in [0.4, 0.5) is 0 Å². The Balaban J connectivity index is 4.66. The Hall–Kier alpha value is 0.660. The fourth-order valence-corrected chi connectivity index (χ4v) is 5.29. The Kier molecular flexibility index (Phi) is 27.2. The molecule has 0 saturated heterocycles. The average molecular weight is 742 g/mol. The third kappa shape index (κ3) is 21.9. The molecule has 2 unspecified atom stereocenters. The molecule has 0 fully saturated rings. The largest absolute Gasteiger partial charge is 0.466 e. The van der Waals surface area contributed by atoms with Crippen LogP contribution in [0.5, 0.6) is 0 Å². The van der Waals surface area contributed by atoms with Gasteiger partial charge in [-0.15, -0.1) is 0 Å². The third-order valence-corrected chi connectivity index (χ3v) is 7.89. The second-order valence-electron chi connectivity index (χ2n) is 7.98. The van der Waals surface area contributed by atoms with Crippen LogP contribution >= 0.6 is 57.0 Å². The van der Waals surface area contributed by atoms with E-state index in [2.05, 4.69) is 44.1 Å². The number of hydrogen-bond donors (Lipinski definition) is 0. The minimum atomic E-state index is -0.379. The Morgan fingerprint density at radius 3 is 1.24 bits per heavy atom. The molecule has 198 valence electrons. The van der Waals surface area contributed by atoms with E-state index in [9.17, 15) is 9.59 Å². The number of allylic oxidation sites excluding steroid dienone is 2. The number of carbonyl (C=O) groups excluding carboxylic acids is 2. The first-order chi connectivity index (χ1) is 16.6. The lowest BCUT2D eigenvalue weighted by molar-refractivity contribution is -0.135. The van der Waals surface area contributed by atoms with E-state index in [1.165, 1.54) is 39.9 Å². The summed E-state index contributed by atoms with van der Waals surface area (Å²) in [4.78, 5) is 24.0. The minimum absolute atomic E-state index is 0.379. The number of ether oxygens (including phenoxy) is 2. The van der Waals surface area contributed by atoms with Crippen LogP contribution in [0, 0.1) is 0 Å². The lowest BCUT2D eigenvalue weighted by Crippen LogP contribution is -2.04. The van der Waals surface area contributed by atoms with Gasteiger partial charge in [-0.1, -0.05) is 51.4 Å². The highest BCUT2D eigenvalue weighted by atomic mass is 127. The van der Waals surface area contributed by atoms with Gasteiger partial charge in [-0.05, 0) is 93.8 Å². The molecule has 0 aromatic carbocycles. The van der Waals surface area contributed by atoms with E-state index in [1.807, 2.05) is 0 Å². The van der Waals surface area contributed by atoms with Crippen molar-refractivity contribution in [2.45, 2.75) is 89.9 Å². The summed E-state index contributed by atoms with van der Waals surface area (Å²) in [7, 11) is 2.77. The lowest BCUT2D eigenvalue weighted by atomic mass is 9.93. The molecule has 0 saturated carbocycles. The Morgan fingerprint density at radius 1 is 0.588 bits per heavy atom. The van der Waals surface area contributed by atoms with Crippen molar-refractivity contribution in [1.82, 2.24) is 0 Å². The molecular weight excluding hydrogens is 700 g/mol. The molecule has 0 amide bonds. The number of hydrogen-bond acceptors (Lipinski definition) is 6. The van der Waals surface area contributed by atoms with Gasteiger partial charge in [0.15, 0.2) is 0 Å². The number of esters is 2. The van der Waals surface area contributed by atoms with Gasteiger partial charge in [0.25, 0.3) is 0 Å². The normalized spacial score (nSPS) is 12.8. The van der Waals surface area contributed by atoms with Crippen LogP contribution in [0.1, 0.15) is 89.9 Å². The second-order valence-corrected chi connectivity index (χ2v) is 11.5. The zero-order valence-corrected chi connectivity index (χ0v) is 27.0. The topological polar surface area (TPSA) is 71.1 Å². The number of rotatable bonds is 23. The van der Waals surface area contributed by atoms with Crippen LogP contribution in [0.2, 0.25) is 0 Å². The van der Waals surface area contributed by atoms with Crippen molar-refractivity contribution in [3.05, 3.63) is 23.3 Å². The van der Waals surface area contributed by atoms with Gasteiger partial charge in [0.2, 0.25) is 0 Å². The first-order valence-electron chi connectivity index (χ1n) is 12.1. The van der Waals surface area contributed by atoms with Crippen LogP contribution < -0.4 is 0 Å². The highest BCUT2D eigenvalue weighted by Crippen LogP contribution is 2.25. The molecule has 34 heavy (non-hydrogen) atoms. The quantitative estimate of drug-likeness (QED) is 0.0261. The van der Waals surface area contributed by atoms with Crippen molar-refractivity contribution in [3.8, 4) is 0 Å². The predicted octanol–water partition coefficient (Wildman–Crippen LogP) is 8.57. The van der Waals surface area contributed by atoms with Crippen molar-refractivity contribution >= 4 is 68.9 Å². The van der Waals surface area contributed by atoms with Gasteiger partial charge in [0, 0.05) is 12.2 Å². The number of carbonyl (C=O) groups is 2. The standard InChI is InChI=1S/C24H42I2O6P2/c1-29-23(27)19-21(15-11-7-3-5-9-13-17-31-33-25)22(20-24(28)30-2)16-12-8-4-6-10-14-18-32-34-26/h19-20,33-34H,3-18H2,1-2H3/b21-19+,22-20+. The molecule has 0 aliphatic heterocycles. The summed E-state index contributed by atoms with van der Waals surface area (Å²) in [6.07, 6.45) is 18.1. The first-order valence-corrected chi connectivity index (χ1v) is 20.2. The van der Waals surface area contributed by atoms with Gasteiger partial charge in [-0.3, -0.25) is 0 Å². The first kappa shape index (κ1) is 34.7. The molecule has 0 radical (unpaired) electrons. The maximum Gasteiger partial charge on any atom is 0.330 e. The van der Waals surface area contributed by atoms with Gasteiger partial charge in [0.05, 0.1) is 40.3 Å². The Bertz CT molecular complexity index is 538. The molecule has 0 aliphatic carbocycles. The summed E-state index contributed by atoms with van der Waals surface area (Å²) in [6.45, 7) is 2.78. The average Bonchev–Trinajstić information content (AvgIpc) is 2.84. The monoisotopic (exact) mass is 742 g/mol. The van der Waals surface area contributed by atoms with Gasteiger partial charge in [0.1, 0.15) is 0 Å². The molecule has 0 aliphatic rings.